The molecule has 1 heterocycles. The van der Waals surface area contributed by atoms with Gasteiger partial charge in [0.25, 0.3) is 5.91 Å². The average Bonchev–Trinajstić information content (AvgIpc) is 2.97. The number of amides is 1. The molecule has 6 nitrogen and oxygen atoms in total. The molecule has 150 valence electrons. The summed E-state index contributed by atoms with van der Waals surface area (Å²) in [6, 6.07) is 5.27. The summed E-state index contributed by atoms with van der Waals surface area (Å²) in [6.45, 7) is 2.11. The lowest BCUT2D eigenvalue weighted by atomic mass is 10.1. The quantitative estimate of drug-likeness (QED) is 0.511. The first kappa shape index (κ1) is 22.4. The molecule has 2 rings (SSSR count). The first-order valence-electron chi connectivity index (χ1n) is 8.07. The molecule has 0 radical (unpaired) electrons. The van der Waals surface area contributed by atoms with Gasteiger partial charge in [0.15, 0.2) is 5.11 Å². The van der Waals surface area contributed by atoms with Crippen molar-refractivity contribution >= 4 is 68.7 Å². The van der Waals surface area contributed by atoms with E-state index in [2.05, 4.69) is 10.6 Å². The molecule has 0 saturated carbocycles. The monoisotopic (exact) mass is 459 g/mol. The van der Waals surface area contributed by atoms with E-state index in [1.165, 1.54) is 12.0 Å². The smallest absolute Gasteiger partial charge is 0.341 e. The molecular weight excluding hydrogens is 441 g/mol. The molecule has 1 aromatic heterocycles. The molecule has 1 amide bonds. The van der Waals surface area contributed by atoms with Gasteiger partial charge >= 0.3 is 5.97 Å². The second-order valence-corrected chi connectivity index (χ2v) is 8.25. The first-order valence-corrected chi connectivity index (χ1v) is 10.1. The Morgan fingerprint density at radius 1 is 1.25 bits per heavy atom. The highest BCUT2D eigenvalue weighted by molar-refractivity contribution is 7.80. The van der Waals surface area contributed by atoms with Gasteiger partial charge in [-0.25, -0.2) is 4.79 Å². The van der Waals surface area contributed by atoms with Crippen LogP contribution in [0.25, 0.3) is 0 Å². The van der Waals surface area contributed by atoms with Gasteiger partial charge in [0.1, 0.15) is 5.00 Å². The predicted octanol–water partition coefficient (Wildman–Crippen LogP) is 4.34. The van der Waals surface area contributed by atoms with Crippen LogP contribution in [-0.2, 0) is 11.3 Å². The molecule has 0 saturated heterocycles. The summed E-state index contributed by atoms with van der Waals surface area (Å²) < 4.78 is 4.86. The molecule has 0 bridgehead atoms. The highest BCUT2D eigenvalue weighted by Gasteiger charge is 2.26. The maximum absolute atomic E-state index is 12.4. The third-order valence-corrected chi connectivity index (χ3v) is 5.98. The number of nitrogens with one attached hydrogen (secondary N) is 2. The maximum Gasteiger partial charge on any atom is 0.341 e. The van der Waals surface area contributed by atoms with Crippen LogP contribution in [0.4, 0.5) is 5.00 Å². The molecule has 0 fully saturated rings. The number of methoxy groups -OCH3 is 1. The van der Waals surface area contributed by atoms with Crippen LogP contribution in [-0.4, -0.2) is 43.1 Å². The Bertz CT molecular complexity index is 929. The summed E-state index contributed by atoms with van der Waals surface area (Å²) in [5.41, 5.74) is 1.72. The highest BCUT2D eigenvalue weighted by Crippen LogP contribution is 2.34. The minimum Gasteiger partial charge on any atom is -0.465 e. The van der Waals surface area contributed by atoms with Gasteiger partial charge in [-0.05, 0) is 42.4 Å². The predicted molar refractivity (Wildman–Crippen MR) is 118 cm³/mol. The van der Waals surface area contributed by atoms with E-state index in [9.17, 15) is 9.59 Å². The minimum absolute atomic E-state index is 0.199. The van der Waals surface area contributed by atoms with Crippen LogP contribution < -0.4 is 10.6 Å². The fraction of sp³-hybridized carbons (Fsp3) is 0.278. The summed E-state index contributed by atoms with van der Waals surface area (Å²) in [7, 11) is 4.59. The van der Waals surface area contributed by atoms with Crippen LogP contribution in [0.3, 0.4) is 0 Å². The fourth-order valence-corrected chi connectivity index (χ4v) is 4.12. The van der Waals surface area contributed by atoms with Gasteiger partial charge in [0, 0.05) is 20.6 Å². The Balaban J connectivity index is 2.20. The maximum atomic E-state index is 12.4. The molecule has 28 heavy (non-hydrogen) atoms. The number of thiophene rings is 1. The molecule has 10 heteroatoms. The van der Waals surface area contributed by atoms with Crippen LogP contribution in [0.2, 0.25) is 10.0 Å². The summed E-state index contributed by atoms with van der Waals surface area (Å²) in [4.78, 5) is 26.5. The molecule has 2 N–H and O–H groups in total. The van der Waals surface area contributed by atoms with E-state index in [0.717, 1.165) is 16.9 Å². The lowest BCUT2D eigenvalue weighted by Crippen LogP contribution is -2.28. The second-order valence-electron chi connectivity index (χ2n) is 6.01. The van der Waals surface area contributed by atoms with Gasteiger partial charge in [-0.2, -0.15) is 0 Å². The summed E-state index contributed by atoms with van der Waals surface area (Å²) in [5, 5.41) is 7.69. The van der Waals surface area contributed by atoms with Crippen molar-refractivity contribution in [3.8, 4) is 0 Å². The normalized spacial score (nSPS) is 10.4. The Hall–Kier alpha value is -1.87. The van der Waals surface area contributed by atoms with Gasteiger partial charge in [-0.15, -0.1) is 11.3 Å². The summed E-state index contributed by atoms with van der Waals surface area (Å²) >= 11 is 18.4. The number of carbonyl (C=O) groups is 2. The van der Waals surface area contributed by atoms with Crippen molar-refractivity contribution in [3.63, 3.8) is 0 Å². The first-order chi connectivity index (χ1) is 13.1. The number of nitrogens with zero attached hydrogens (tertiary/aromatic N) is 1. The van der Waals surface area contributed by atoms with Crippen LogP contribution in [0.1, 0.15) is 31.2 Å². The average molecular weight is 460 g/mol. The number of halogens is 2. The molecule has 1 aromatic carbocycles. The minimum atomic E-state index is -0.540. The van der Waals surface area contributed by atoms with Crippen molar-refractivity contribution in [1.82, 2.24) is 10.2 Å². The molecule has 0 spiro atoms. The number of esters is 1. The van der Waals surface area contributed by atoms with Gasteiger partial charge in [0.05, 0.1) is 27.6 Å². The van der Waals surface area contributed by atoms with Crippen LogP contribution in [0.15, 0.2) is 18.2 Å². The van der Waals surface area contributed by atoms with Gasteiger partial charge in [-0.3, -0.25) is 4.79 Å². The molecule has 0 aliphatic heterocycles. The van der Waals surface area contributed by atoms with E-state index >= 15 is 0 Å². The van der Waals surface area contributed by atoms with Crippen molar-refractivity contribution in [2.45, 2.75) is 13.5 Å². The van der Waals surface area contributed by atoms with Crippen LogP contribution in [0.5, 0.6) is 0 Å². The third kappa shape index (κ3) is 5.14. The summed E-state index contributed by atoms with van der Waals surface area (Å²) in [6.07, 6.45) is 0. The lowest BCUT2D eigenvalue weighted by Gasteiger charge is -2.11. The molecule has 2 aromatic rings. The Morgan fingerprint density at radius 2 is 1.93 bits per heavy atom. The van der Waals surface area contributed by atoms with Gasteiger partial charge in [-0.1, -0.05) is 29.3 Å². The highest BCUT2D eigenvalue weighted by atomic mass is 35.5. The zero-order chi connectivity index (χ0) is 21.0. The van der Waals surface area contributed by atoms with E-state index in [-0.39, 0.29) is 11.5 Å². The Labute approximate surface area is 182 Å². The number of ether oxygens (including phenoxy) is 1. The Morgan fingerprint density at radius 3 is 2.50 bits per heavy atom. The zero-order valence-electron chi connectivity index (χ0n) is 15.7. The van der Waals surface area contributed by atoms with E-state index < -0.39 is 5.97 Å². The third-order valence-electron chi connectivity index (χ3n) is 3.80. The number of carbonyl (C=O) groups excluding carboxylic acids is 2. The van der Waals surface area contributed by atoms with E-state index in [4.69, 9.17) is 40.2 Å². The molecule has 0 unspecified atom stereocenters. The topological polar surface area (TPSA) is 70.7 Å². The van der Waals surface area contributed by atoms with E-state index in [0.29, 0.717) is 37.1 Å². The van der Waals surface area contributed by atoms with Crippen molar-refractivity contribution < 1.29 is 14.3 Å². The second kappa shape index (κ2) is 9.56. The lowest BCUT2D eigenvalue weighted by molar-refractivity contribution is 0.0601. The number of rotatable bonds is 5. The number of anilines is 1. The molecule has 0 atom stereocenters. The van der Waals surface area contributed by atoms with Crippen molar-refractivity contribution in [2.24, 2.45) is 0 Å². The zero-order valence-corrected chi connectivity index (χ0v) is 18.8. The number of hydrogen-bond donors (Lipinski definition) is 2. The Kier molecular flexibility index (Phi) is 7.65. The number of thiocarbonyl (C=S) groups is 1. The fourth-order valence-electron chi connectivity index (χ4n) is 2.34. The van der Waals surface area contributed by atoms with Crippen LogP contribution >= 0.6 is 46.8 Å². The van der Waals surface area contributed by atoms with Gasteiger partial charge in [0.2, 0.25) is 0 Å². The summed E-state index contributed by atoms with van der Waals surface area (Å²) in [5.74, 6) is -0.739. The number of benzene rings is 1. The SMILES string of the molecule is COC(=O)c1c(NC(=S)NCc2ccc(Cl)c(Cl)c2)sc(C(=O)N(C)C)c1C. The van der Waals surface area contributed by atoms with Crippen molar-refractivity contribution in [3.05, 3.63) is 49.8 Å². The largest absolute Gasteiger partial charge is 0.465 e. The molecule has 0 aliphatic rings. The van der Waals surface area contributed by atoms with Gasteiger partial charge < -0.3 is 20.3 Å². The standard InChI is InChI=1S/C18H19Cl2N3O3S2/c1-9-13(17(25)26-4)15(28-14(9)16(24)23(2)3)22-18(27)21-8-10-5-6-11(19)12(20)7-10/h5-7H,8H2,1-4H3,(H2,21,22,27). The molecule has 0 aliphatic carbocycles. The van der Waals surface area contributed by atoms with Crippen molar-refractivity contribution in [1.29, 1.82) is 0 Å². The van der Waals surface area contributed by atoms with E-state index in [1.807, 2.05) is 6.07 Å². The number of hydrogen-bond acceptors (Lipinski definition) is 5. The molecular formula is C18H19Cl2N3O3S2. The van der Waals surface area contributed by atoms with Crippen LogP contribution in [0, 0.1) is 6.92 Å². The van der Waals surface area contributed by atoms with Crippen molar-refractivity contribution in [2.75, 3.05) is 26.5 Å². The van der Waals surface area contributed by atoms with E-state index in [1.54, 1.807) is 33.2 Å².